The van der Waals surface area contributed by atoms with Crippen LogP contribution in [-0.2, 0) is 6.18 Å². The molecule has 0 spiro atoms. The SMILES string of the molecule is NC(=O)c1cc(N)c(F)cc1C(F)(F)F. The zero-order valence-corrected chi connectivity index (χ0v) is 7.23. The quantitative estimate of drug-likeness (QED) is 0.558. The fraction of sp³-hybridized carbons (Fsp3) is 0.125. The van der Waals surface area contributed by atoms with Gasteiger partial charge in [0, 0.05) is 0 Å². The molecular weight excluding hydrogens is 216 g/mol. The predicted molar refractivity (Wildman–Crippen MR) is 44.3 cm³/mol. The van der Waals surface area contributed by atoms with Crippen LogP contribution in [0, 0.1) is 5.82 Å². The summed E-state index contributed by atoms with van der Waals surface area (Å²) >= 11 is 0. The zero-order valence-electron chi connectivity index (χ0n) is 7.23. The third-order valence-corrected chi connectivity index (χ3v) is 1.71. The highest BCUT2D eigenvalue weighted by molar-refractivity contribution is 5.95. The van der Waals surface area contributed by atoms with Gasteiger partial charge >= 0.3 is 6.18 Å². The van der Waals surface area contributed by atoms with Gasteiger partial charge in [-0.25, -0.2) is 4.39 Å². The van der Waals surface area contributed by atoms with Crippen molar-refractivity contribution in [2.24, 2.45) is 5.73 Å². The van der Waals surface area contributed by atoms with Crippen LogP contribution in [0.3, 0.4) is 0 Å². The number of amides is 1. The molecule has 0 aliphatic carbocycles. The van der Waals surface area contributed by atoms with Gasteiger partial charge in [0.25, 0.3) is 0 Å². The van der Waals surface area contributed by atoms with Gasteiger partial charge in [0.15, 0.2) is 0 Å². The van der Waals surface area contributed by atoms with Crippen molar-refractivity contribution in [3.8, 4) is 0 Å². The van der Waals surface area contributed by atoms with E-state index in [4.69, 9.17) is 11.5 Å². The highest BCUT2D eigenvalue weighted by Crippen LogP contribution is 2.33. The molecule has 1 aromatic rings. The molecular formula is C8H6F4N2O. The van der Waals surface area contributed by atoms with Gasteiger partial charge in [-0.05, 0) is 12.1 Å². The van der Waals surface area contributed by atoms with E-state index in [1.165, 1.54) is 0 Å². The summed E-state index contributed by atoms with van der Waals surface area (Å²) in [5.41, 5.74) is 6.90. The molecule has 0 aromatic heterocycles. The van der Waals surface area contributed by atoms with Gasteiger partial charge in [0.2, 0.25) is 5.91 Å². The van der Waals surface area contributed by atoms with Crippen LogP contribution in [0.2, 0.25) is 0 Å². The number of halogens is 4. The van der Waals surface area contributed by atoms with Crippen LogP contribution in [0.25, 0.3) is 0 Å². The number of carbonyl (C=O) groups excluding carboxylic acids is 1. The molecule has 0 saturated heterocycles. The second-order valence-corrected chi connectivity index (χ2v) is 2.78. The van der Waals surface area contributed by atoms with Crippen molar-refractivity contribution >= 4 is 11.6 Å². The number of primary amides is 1. The predicted octanol–water partition coefficient (Wildman–Crippen LogP) is 1.53. The Hall–Kier alpha value is -1.79. The standard InChI is InChI=1S/C8H6F4N2O/c9-5-2-4(8(10,11)12)3(7(14)15)1-6(5)13/h1-2H,13H2,(H2,14,15). The van der Waals surface area contributed by atoms with Crippen LogP contribution < -0.4 is 11.5 Å². The van der Waals surface area contributed by atoms with Gasteiger partial charge in [-0.15, -0.1) is 0 Å². The summed E-state index contributed by atoms with van der Waals surface area (Å²) in [4.78, 5) is 10.7. The Balaban J connectivity index is 3.49. The number of hydrogen-bond acceptors (Lipinski definition) is 2. The van der Waals surface area contributed by atoms with Crippen molar-refractivity contribution in [3.05, 3.63) is 29.1 Å². The van der Waals surface area contributed by atoms with E-state index in [0.29, 0.717) is 6.07 Å². The highest BCUT2D eigenvalue weighted by Gasteiger charge is 2.35. The van der Waals surface area contributed by atoms with E-state index in [1.807, 2.05) is 0 Å². The molecule has 0 atom stereocenters. The van der Waals surface area contributed by atoms with Gasteiger partial charge in [-0.1, -0.05) is 0 Å². The van der Waals surface area contributed by atoms with E-state index in [1.54, 1.807) is 0 Å². The lowest BCUT2D eigenvalue weighted by molar-refractivity contribution is -0.138. The first-order valence-electron chi connectivity index (χ1n) is 3.69. The summed E-state index contributed by atoms with van der Waals surface area (Å²) in [6, 6.07) is 0.718. The van der Waals surface area contributed by atoms with E-state index >= 15 is 0 Å². The molecule has 1 amide bonds. The Bertz CT molecular complexity index is 414. The maximum Gasteiger partial charge on any atom is 0.417 e. The van der Waals surface area contributed by atoms with Crippen LogP contribution in [0.5, 0.6) is 0 Å². The first-order chi connectivity index (χ1) is 6.73. The summed E-state index contributed by atoms with van der Waals surface area (Å²) in [6.45, 7) is 0. The first-order valence-corrected chi connectivity index (χ1v) is 3.69. The summed E-state index contributed by atoms with van der Waals surface area (Å²) < 4.78 is 49.7. The molecule has 15 heavy (non-hydrogen) atoms. The van der Waals surface area contributed by atoms with Gasteiger partial charge in [0.1, 0.15) is 5.82 Å². The Labute approximate surface area is 81.7 Å². The van der Waals surface area contributed by atoms with Crippen molar-refractivity contribution in [2.45, 2.75) is 6.18 Å². The summed E-state index contributed by atoms with van der Waals surface area (Å²) in [7, 11) is 0. The maximum absolute atomic E-state index is 12.8. The van der Waals surface area contributed by atoms with E-state index in [2.05, 4.69) is 0 Å². The van der Waals surface area contributed by atoms with Crippen molar-refractivity contribution in [2.75, 3.05) is 5.73 Å². The van der Waals surface area contributed by atoms with E-state index in [0.717, 1.165) is 0 Å². The number of nitrogens with two attached hydrogens (primary N) is 2. The second kappa shape index (κ2) is 3.41. The van der Waals surface area contributed by atoms with E-state index < -0.39 is 34.7 Å². The molecule has 0 radical (unpaired) electrons. The Morgan fingerprint density at radius 3 is 2.20 bits per heavy atom. The minimum atomic E-state index is -4.85. The molecule has 0 bridgehead atoms. The van der Waals surface area contributed by atoms with Gasteiger partial charge < -0.3 is 11.5 Å². The van der Waals surface area contributed by atoms with Crippen LogP contribution in [0.1, 0.15) is 15.9 Å². The van der Waals surface area contributed by atoms with Crippen LogP contribution in [0.15, 0.2) is 12.1 Å². The summed E-state index contributed by atoms with van der Waals surface area (Å²) in [5.74, 6) is -2.55. The van der Waals surface area contributed by atoms with Gasteiger partial charge in [-0.2, -0.15) is 13.2 Å². The van der Waals surface area contributed by atoms with Crippen molar-refractivity contribution in [1.82, 2.24) is 0 Å². The van der Waals surface area contributed by atoms with Gasteiger partial charge in [-0.3, -0.25) is 4.79 Å². The van der Waals surface area contributed by atoms with E-state index in [-0.39, 0.29) is 6.07 Å². The molecule has 0 aliphatic heterocycles. The number of alkyl halides is 3. The molecule has 0 heterocycles. The lowest BCUT2D eigenvalue weighted by Gasteiger charge is -2.11. The lowest BCUT2D eigenvalue weighted by atomic mass is 10.1. The number of anilines is 1. The van der Waals surface area contributed by atoms with Crippen molar-refractivity contribution < 1.29 is 22.4 Å². The van der Waals surface area contributed by atoms with Crippen LogP contribution >= 0.6 is 0 Å². The second-order valence-electron chi connectivity index (χ2n) is 2.78. The number of rotatable bonds is 1. The maximum atomic E-state index is 12.8. The molecule has 0 unspecified atom stereocenters. The van der Waals surface area contributed by atoms with Gasteiger partial charge in [0.05, 0.1) is 16.8 Å². The average Bonchev–Trinajstić information content (AvgIpc) is 2.06. The van der Waals surface area contributed by atoms with E-state index in [9.17, 15) is 22.4 Å². The molecule has 1 rings (SSSR count). The molecule has 0 saturated carbocycles. The molecule has 7 heteroatoms. The molecule has 0 aliphatic rings. The Kier molecular flexibility index (Phi) is 2.57. The van der Waals surface area contributed by atoms with Crippen LogP contribution in [-0.4, -0.2) is 5.91 Å². The summed E-state index contributed by atoms with van der Waals surface area (Å²) in [6.07, 6.45) is -4.85. The normalized spacial score (nSPS) is 11.5. The third kappa shape index (κ3) is 2.17. The van der Waals surface area contributed by atoms with Crippen molar-refractivity contribution in [3.63, 3.8) is 0 Å². The fourth-order valence-electron chi connectivity index (χ4n) is 1.03. The number of benzene rings is 1. The first kappa shape index (κ1) is 11.3. The third-order valence-electron chi connectivity index (χ3n) is 1.71. The Morgan fingerprint density at radius 2 is 1.80 bits per heavy atom. The van der Waals surface area contributed by atoms with Crippen molar-refractivity contribution in [1.29, 1.82) is 0 Å². The molecule has 82 valence electrons. The zero-order chi connectivity index (χ0) is 11.8. The molecule has 4 N–H and O–H groups in total. The minimum Gasteiger partial charge on any atom is -0.396 e. The summed E-state index contributed by atoms with van der Waals surface area (Å²) in [5, 5.41) is 0. The monoisotopic (exact) mass is 222 g/mol. The molecule has 3 nitrogen and oxygen atoms in total. The highest BCUT2D eigenvalue weighted by atomic mass is 19.4. The average molecular weight is 222 g/mol. The number of carbonyl (C=O) groups is 1. The number of nitrogen functional groups attached to an aromatic ring is 1. The molecule has 0 fully saturated rings. The smallest absolute Gasteiger partial charge is 0.396 e. The topological polar surface area (TPSA) is 69.1 Å². The largest absolute Gasteiger partial charge is 0.417 e. The molecule has 1 aromatic carbocycles. The fourth-order valence-corrected chi connectivity index (χ4v) is 1.03. The van der Waals surface area contributed by atoms with Crippen LogP contribution in [0.4, 0.5) is 23.2 Å². The number of hydrogen-bond donors (Lipinski definition) is 2. The lowest BCUT2D eigenvalue weighted by Crippen LogP contribution is -2.19. The minimum absolute atomic E-state index is 0.148. The Morgan fingerprint density at radius 1 is 1.27 bits per heavy atom.